The van der Waals surface area contributed by atoms with Crippen molar-refractivity contribution in [3.63, 3.8) is 0 Å². The Morgan fingerprint density at radius 1 is 0.660 bits per heavy atom. The van der Waals surface area contributed by atoms with E-state index in [2.05, 4.69) is 52.4 Å². The molecule has 6 rings (SSSR count). The second kappa shape index (κ2) is 17.8. The Morgan fingerprint density at radius 2 is 1.00 bits per heavy atom. The molecule has 47 heavy (non-hydrogen) atoms. The number of benzene rings is 2. The van der Waals surface area contributed by atoms with Crippen LogP contribution in [0.3, 0.4) is 0 Å². The molecular weight excluding hydrogens is 957 g/mol. The summed E-state index contributed by atoms with van der Waals surface area (Å²) in [5, 5.41) is 0. The molecule has 2 aromatic carbocycles. The molecule has 0 aliphatic carbocycles. The molecule has 10 nitrogen and oxygen atoms in total. The van der Waals surface area contributed by atoms with Crippen molar-refractivity contribution in [1.29, 1.82) is 0 Å². The van der Waals surface area contributed by atoms with Gasteiger partial charge in [0.25, 0.3) is 0 Å². The predicted octanol–water partition coefficient (Wildman–Crippen LogP) is 5.49. The van der Waals surface area contributed by atoms with Gasteiger partial charge in [0.2, 0.25) is 33.4 Å². The van der Waals surface area contributed by atoms with E-state index in [1.807, 2.05) is 96.6 Å². The van der Waals surface area contributed by atoms with Crippen molar-refractivity contribution in [1.82, 2.24) is 28.2 Å². The normalized spacial score (nSPS) is 21.7. The van der Waals surface area contributed by atoms with Gasteiger partial charge in [0.15, 0.2) is 0 Å². The van der Waals surface area contributed by atoms with Crippen molar-refractivity contribution in [2.75, 3.05) is 40.3 Å². The summed E-state index contributed by atoms with van der Waals surface area (Å²) in [6.07, 6.45) is 11.3. The average Bonchev–Trinajstić information content (AvgIpc) is 3.84. The van der Waals surface area contributed by atoms with Crippen LogP contribution in [0.5, 0.6) is 0 Å². The van der Waals surface area contributed by atoms with E-state index in [4.69, 9.17) is 0 Å². The van der Waals surface area contributed by atoms with Gasteiger partial charge in [-0.05, 0) is 63.8 Å². The molecule has 4 heterocycles. The number of nitrogens with zero attached hydrogens (tertiary/aromatic N) is 6. The Bertz CT molecular complexity index is 1460. The number of sulfonamides is 2. The minimum absolute atomic E-state index is 0.00467. The van der Waals surface area contributed by atoms with Crippen LogP contribution in [0.15, 0.2) is 83.1 Å². The summed E-state index contributed by atoms with van der Waals surface area (Å²) < 4.78 is 54.7. The predicted molar refractivity (Wildman–Crippen MR) is 198 cm³/mol. The van der Waals surface area contributed by atoms with E-state index in [0.29, 0.717) is 36.0 Å². The van der Waals surface area contributed by atoms with Crippen molar-refractivity contribution in [2.24, 2.45) is 0 Å². The molecule has 0 N–H and O–H groups in total. The van der Waals surface area contributed by atoms with E-state index in [-0.39, 0.29) is 12.1 Å². The molecule has 0 bridgehead atoms. The molecule has 0 amide bonds. The van der Waals surface area contributed by atoms with E-state index in [9.17, 15) is 16.8 Å². The molecule has 0 spiro atoms. The molecule has 0 unspecified atom stereocenters. The topological polar surface area (TPSA) is 87.7 Å². The first-order valence-electron chi connectivity index (χ1n) is 15.2. The third-order valence-electron chi connectivity index (χ3n) is 8.23. The first-order valence-corrected chi connectivity index (χ1v) is 27.4. The maximum absolute atomic E-state index is 12.9. The molecule has 0 aromatic heterocycles. The van der Waals surface area contributed by atoms with Crippen LogP contribution >= 0.6 is 39.0 Å². The van der Waals surface area contributed by atoms with Crippen LogP contribution in [0.25, 0.3) is 0 Å². The molecule has 4 radical (unpaired) electrons. The molecule has 2 saturated heterocycles. The van der Waals surface area contributed by atoms with Crippen molar-refractivity contribution in [3.05, 3.63) is 97.8 Å². The number of aryl methyl sites for hydroxylation is 2. The Hall–Kier alpha value is -0.938. The van der Waals surface area contributed by atoms with E-state index in [1.165, 1.54) is 0 Å². The molecule has 260 valence electrons. The average molecular weight is 999 g/mol. The molecule has 0 saturated carbocycles. The molecule has 15 heteroatoms. The quantitative estimate of drug-likeness (QED) is 0.254. The van der Waals surface area contributed by atoms with Crippen LogP contribution in [-0.2, 0) is 30.8 Å². The second-order valence-corrected chi connectivity index (χ2v) is 27.6. The minimum atomic E-state index is -3.42. The number of rotatable bonds is 8. The SMILES string of the molecule is Cc1ccc(S(=O)(=O)N2CCC[C@H]2CN2[C]N(C)C=C2)cc1.Cc1ccc(S(=O)(=O)N2CCC[C@H]2CN2[C]N(C)C=C2)cc1.[I][Pd][I]. The van der Waals surface area contributed by atoms with E-state index in [1.54, 1.807) is 32.9 Å². The van der Waals surface area contributed by atoms with Gasteiger partial charge in [-0.25, -0.2) is 16.8 Å². The van der Waals surface area contributed by atoms with Crippen LogP contribution in [0.1, 0.15) is 36.8 Å². The second-order valence-electron chi connectivity index (χ2n) is 11.8. The fourth-order valence-electron chi connectivity index (χ4n) is 5.86. The molecule has 2 fully saturated rings. The van der Waals surface area contributed by atoms with Gasteiger partial charge >= 0.3 is 49.8 Å². The summed E-state index contributed by atoms with van der Waals surface area (Å²) in [6, 6.07) is 14.2. The van der Waals surface area contributed by atoms with E-state index < -0.39 is 20.0 Å². The van der Waals surface area contributed by atoms with Crippen LogP contribution in [-0.4, -0.2) is 97.4 Å². The van der Waals surface area contributed by atoms with Crippen LogP contribution in [0.4, 0.5) is 0 Å². The van der Waals surface area contributed by atoms with E-state index in [0.717, 1.165) is 47.6 Å². The van der Waals surface area contributed by atoms with Crippen molar-refractivity contribution in [2.45, 2.75) is 61.4 Å². The first-order chi connectivity index (χ1) is 22.3. The van der Waals surface area contributed by atoms with Crippen molar-refractivity contribution in [3.8, 4) is 0 Å². The summed E-state index contributed by atoms with van der Waals surface area (Å²) in [6.45, 7) is 12.7. The van der Waals surface area contributed by atoms with Gasteiger partial charge in [-0.3, -0.25) is 0 Å². The van der Waals surface area contributed by atoms with Crippen molar-refractivity contribution >= 4 is 59.1 Å². The molecule has 2 atom stereocenters. The number of halogens is 2. The summed E-state index contributed by atoms with van der Waals surface area (Å²) in [5.41, 5.74) is 2.12. The van der Waals surface area contributed by atoms with Gasteiger partial charge in [-0.2, -0.15) is 8.61 Å². The summed E-state index contributed by atoms with van der Waals surface area (Å²) in [7, 11) is -2.13. The number of hydrogen-bond donors (Lipinski definition) is 0. The van der Waals surface area contributed by atoms with Crippen LogP contribution in [0, 0.1) is 27.2 Å². The summed E-state index contributed by atoms with van der Waals surface area (Å²) in [5.74, 6) is 0. The molecule has 4 aliphatic rings. The third kappa shape index (κ3) is 10.5. The van der Waals surface area contributed by atoms with Crippen molar-refractivity contribution < 1.29 is 27.6 Å². The fraction of sp³-hybridized carbons (Fsp3) is 0.438. The van der Waals surface area contributed by atoms with Gasteiger partial charge in [0.1, 0.15) is 0 Å². The summed E-state index contributed by atoms with van der Waals surface area (Å²) in [4.78, 5) is 8.29. The van der Waals surface area contributed by atoms with Crippen LogP contribution < -0.4 is 0 Å². The maximum atomic E-state index is 12.9. The molecular formula is C32H42I2N6O4PdS2. The molecule has 2 aromatic rings. The Labute approximate surface area is 311 Å². The molecule has 4 aliphatic heterocycles. The Kier molecular flexibility index (Phi) is 14.7. The Balaban J connectivity index is 0.000000197. The zero-order chi connectivity index (χ0) is 34.2. The van der Waals surface area contributed by atoms with Crippen LogP contribution in [0.2, 0.25) is 0 Å². The zero-order valence-corrected chi connectivity index (χ0v) is 34.4. The first kappa shape index (κ1) is 38.9. The van der Waals surface area contributed by atoms with Gasteiger partial charge in [-0.1, -0.05) is 35.4 Å². The number of hydrogen-bond acceptors (Lipinski definition) is 8. The Morgan fingerprint density at radius 3 is 1.30 bits per heavy atom. The van der Waals surface area contributed by atoms with Gasteiger partial charge in [0, 0.05) is 77.2 Å². The van der Waals surface area contributed by atoms with Gasteiger partial charge < -0.3 is 19.6 Å². The van der Waals surface area contributed by atoms with Gasteiger partial charge in [-0.15, -0.1) is 0 Å². The zero-order valence-electron chi connectivity index (χ0n) is 26.9. The standard InChI is InChI=1S/2C16H21N3O2S.2HI.Pd/c2*1-14-5-7-16(8-6-14)22(20,21)19-9-3-4-15(19)12-18-11-10-17(2)13-18;;;/h2*5-8,10-11,15H,3-4,9,12H2,1-2H3;2*1H;/q;;;;+2/p-2/t2*15-;;;/m00.../s1. The fourth-order valence-corrected chi connectivity index (χ4v) is 9.23. The monoisotopic (exact) mass is 998 g/mol. The van der Waals surface area contributed by atoms with Gasteiger partial charge in [0.05, 0.1) is 9.79 Å². The summed E-state index contributed by atoms with van der Waals surface area (Å²) >= 11 is 4.65. The third-order valence-corrected chi connectivity index (χ3v) is 12.2. The van der Waals surface area contributed by atoms with E-state index >= 15 is 0 Å².